The minimum Gasteiger partial charge on any atom is -0.452 e. The molecule has 0 fully saturated rings. The zero-order chi connectivity index (χ0) is 17.7. The Bertz CT molecular complexity index is 758. The maximum absolute atomic E-state index is 13.2. The van der Waals surface area contributed by atoms with Crippen molar-refractivity contribution in [3.63, 3.8) is 0 Å². The fourth-order valence-corrected chi connectivity index (χ4v) is 2.27. The fourth-order valence-electron chi connectivity index (χ4n) is 2.27. The van der Waals surface area contributed by atoms with E-state index in [1.807, 2.05) is 26.0 Å². The Kier molecular flexibility index (Phi) is 5.68. The van der Waals surface area contributed by atoms with Crippen LogP contribution in [-0.4, -0.2) is 30.4 Å². The summed E-state index contributed by atoms with van der Waals surface area (Å²) in [4.78, 5) is 25.6. The fraction of sp³-hybridized carbons (Fsp3) is 0.263. The molecule has 0 aliphatic carbocycles. The highest BCUT2D eigenvalue weighted by Gasteiger charge is 2.15. The zero-order valence-corrected chi connectivity index (χ0v) is 14.0. The van der Waals surface area contributed by atoms with Gasteiger partial charge in [0.25, 0.3) is 5.91 Å². The first-order valence-corrected chi connectivity index (χ1v) is 7.59. The molecule has 0 saturated carbocycles. The molecule has 2 aromatic carbocycles. The molecular formula is C19H20FNO3. The number of likely N-dealkylation sites (N-methyl/N-ethyl adjacent to an activating group) is 1. The number of aryl methyl sites for hydroxylation is 2. The molecule has 0 aliphatic rings. The van der Waals surface area contributed by atoms with Gasteiger partial charge < -0.3 is 9.64 Å². The lowest BCUT2D eigenvalue weighted by Crippen LogP contribution is -2.31. The van der Waals surface area contributed by atoms with Crippen molar-refractivity contribution in [2.75, 3.05) is 13.7 Å². The quantitative estimate of drug-likeness (QED) is 0.791. The Balaban J connectivity index is 1.92. The van der Waals surface area contributed by atoms with Gasteiger partial charge in [0.05, 0.1) is 5.56 Å². The van der Waals surface area contributed by atoms with Crippen LogP contribution in [0.25, 0.3) is 0 Å². The van der Waals surface area contributed by atoms with E-state index in [0.29, 0.717) is 11.1 Å². The van der Waals surface area contributed by atoms with E-state index in [1.165, 1.54) is 17.0 Å². The van der Waals surface area contributed by atoms with Crippen molar-refractivity contribution in [2.45, 2.75) is 20.4 Å². The van der Waals surface area contributed by atoms with E-state index in [4.69, 9.17) is 4.74 Å². The first-order chi connectivity index (χ1) is 11.4. The van der Waals surface area contributed by atoms with Crippen LogP contribution in [0.5, 0.6) is 0 Å². The van der Waals surface area contributed by atoms with Gasteiger partial charge >= 0.3 is 5.97 Å². The lowest BCUT2D eigenvalue weighted by Gasteiger charge is -2.17. The summed E-state index contributed by atoms with van der Waals surface area (Å²) in [7, 11) is 1.58. The van der Waals surface area contributed by atoms with Crippen molar-refractivity contribution < 1.29 is 18.7 Å². The summed E-state index contributed by atoms with van der Waals surface area (Å²) in [6.07, 6.45) is 0. The third kappa shape index (κ3) is 4.65. The number of hydrogen-bond donors (Lipinski definition) is 0. The predicted molar refractivity (Wildman–Crippen MR) is 89.1 cm³/mol. The third-order valence-electron chi connectivity index (χ3n) is 3.67. The summed E-state index contributed by atoms with van der Waals surface area (Å²) in [5.41, 5.74) is 2.87. The van der Waals surface area contributed by atoms with Gasteiger partial charge in [0.15, 0.2) is 6.61 Å². The predicted octanol–water partition coefficient (Wildman–Crippen LogP) is 3.26. The molecule has 1 amide bonds. The number of benzene rings is 2. The minimum atomic E-state index is -0.524. The molecule has 2 rings (SSSR count). The van der Waals surface area contributed by atoms with Crippen molar-refractivity contribution in [3.05, 3.63) is 70.5 Å². The molecule has 0 bridgehead atoms. The van der Waals surface area contributed by atoms with E-state index < -0.39 is 5.97 Å². The van der Waals surface area contributed by atoms with Gasteiger partial charge in [0.2, 0.25) is 0 Å². The van der Waals surface area contributed by atoms with Crippen molar-refractivity contribution in [3.8, 4) is 0 Å². The first-order valence-electron chi connectivity index (χ1n) is 7.59. The van der Waals surface area contributed by atoms with E-state index in [2.05, 4.69) is 0 Å². The number of nitrogens with zero attached hydrogens (tertiary/aromatic N) is 1. The molecule has 0 aliphatic heterocycles. The van der Waals surface area contributed by atoms with Gasteiger partial charge in [-0.25, -0.2) is 9.18 Å². The van der Waals surface area contributed by atoms with Crippen molar-refractivity contribution in [1.29, 1.82) is 0 Å². The Morgan fingerprint density at radius 2 is 1.88 bits per heavy atom. The molecule has 0 aromatic heterocycles. The Labute approximate surface area is 140 Å². The summed E-state index contributed by atoms with van der Waals surface area (Å²) in [5.74, 6) is -1.23. The van der Waals surface area contributed by atoms with Crippen LogP contribution in [0.15, 0.2) is 42.5 Å². The largest absolute Gasteiger partial charge is 0.452 e. The highest BCUT2D eigenvalue weighted by atomic mass is 19.1. The highest BCUT2D eigenvalue weighted by Crippen LogP contribution is 2.12. The minimum absolute atomic E-state index is 0.248. The van der Waals surface area contributed by atoms with Crippen LogP contribution in [0, 0.1) is 19.7 Å². The maximum Gasteiger partial charge on any atom is 0.338 e. The van der Waals surface area contributed by atoms with Gasteiger partial charge in [0.1, 0.15) is 5.82 Å². The van der Waals surface area contributed by atoms with Crippen LogP contribution >= 0.6 is 0 Å². The van der Waals surface area contributed by atoms with Gasteiger partial charge in [0, 0.05) is 13.6 Å². The summed E-state index contributed by atoms with van der Waals surface area (Å²) in [6, 6.07) is 11.5. The second-order valence-corrected chi connectivity index (χ2v) is 5.77. The average molecular weight is 329 g/mol. The summed E-state index contributed by atoms with van der Waals surface area (Å²) in [6.45, 7) is 3.59. The number of carbonyl (C=O) groups excluding carboxylic acids is 2. The Morgan fingerprint density at radius 3 is 2.58 bits per heavy atom. The van der Waals surface area contributed by atoms with Crippen LogP contribution in [0.3, 0.4) is 0 Å². The zero-order valence-electron chi connectivity index (χ0n) is 14.0. The standard InChI is InChI=1S/C19H20FNO3/c1-13-7-8-14(2)17(9-13)19(23)24-12-18(22)21(3)11-15-5-4-6-16(20)10-15/h4-10H,11-12H2,1-3H3. The van der Waals surface area contributed by atoms with E-state index >= 15 is 0 Å². The number of hydrogen-bond acceptors (Lipinski definition) is 3. The molecule has 0 spiro atoms. The number of rotatable bonds is 5. The van der Waals surface area contributed by atoms with E-state index in [1.54, 1.807) is 25.2 Å². The lowest BCUT2D eigenvalue weighted by molar-refractivity contribution is -0.133. The number of halogens is 1. The number of esters is 1. The molecule has 2 aromatic rings. The molecule has 0 heterocycles. The second kappa shape index (κ2) is 7.73. The third-order valence-corrected chi connectivity index (χ3v) is 3.67. The molecule has 126 valence electrons. The van der Waals surface area contributed by atoms with Gasteiger partial charge in [-0.3, -0.25) is 4.79 Å². The van der Waals surface area contributed by atoms with Crippen LogP contribution in [0.1, 0.15) is 27.0 Å². The van der Waals surface area contributed by atoms with E-state index in [-0.39, 0.29) is 24.9 Å². The molecule has 0 unspecified atom stereocenters. The van der Waals surface area contributed by atoms with Crippen molar-refractivity contribution >= 4 is 11.9 Å². The van der Waals surface area contributed by atoms with Crippen LogP contribution in [-0.2, 0) is 16.1 Å². The normalized spacial score (nSPS) is 10.3. The molecule has 0 N–H and O–H groups in total. The summed E-state index contributed by atoms with van der Waals surface area (Å²) in [5, 5.41) is 0. The number of ether oxygens (including phenoxy) is 1. The summed E-state index contributed by atoms with van der Waals surface area (Å²) >= 11 is 0. The van der Waals surface area contributed by atoms with Crippen LogP contribution in [0.2, 0.25) is 0 Å². The lowest BCUT2D eigenvalue weighted by atomic mass is 10.1. The number of carbonyl (C=O) groups is 2. The van der Waals surface area contributed by atoms with E-state index in [0.717, 1.165) is 11.1 Å². The Morgan fingerprint density at radius 1 is 1.12 bits per heavy atom. The Hall–Kier alpha value is -2.69. The number of amides is 1. The monoisotopic (exact) mass is 329 g/mol. The van der Waals surface area contributed by atoms with Crippen LogP contribution in [0.4, 0.5) is 4.39 Å². The smallest absolute Gasteiger partial charge is 0.338 e. The molecule has 0 atom stereocenters. The van der Waals surface area contributed by atoms with Gasteiger partial charge in [-0.05, 0) is 43.2 Å². The van der Waals surface area contributed by atoms with Gasteiger partial charge in [-0.2, -0.15) is 0 Å². The first kappa shape index (κ1) is 17.7. The average Bonchev–Trinajstić information content (AvgIpc) is 2.54. The molecular weight excluding hydrogens is 309 g/mol. The molecule has 0 saturated heterocycles. The molecule has 0 radical (unpaired) electrons. The SMILES string of the molecule is Cc1ccc(C)c(C(=O)OCC(=O)N(C)Cc2cccc(F)c2)c1. The van der Waals surface area contributed by atoms with Crippen molar-refractivity contribution in [1.82, 2.24) is 4.90 Å². The molecule has 4 nitrogen and oxygen atoms in total. The maximum atomic E-state index is 13.2. The van der Waals surface area contributed by atoms with Crippen LogP contribution < -0.4 is 0 Å². The molecule has 5 heteroatoms. The molecule has 24 heavy (non-hydrogen) atoms. The van der Waals surface area contributed by atoms with Crippen molar-refractivity contribution in [2.24, 2.45) is 0 Å². The summed E-state index contributed by atoms with van der Waals surface area (Å²) < 4.78 is 18.3. The van der Waals surface area contributed by atoms with Gasteiger partial charge in [-0.15, -0.1) is 0 Å². The van der Waals surface area contributed by atoms with Gasteiger partial charge in [-0.1, -0.05) is 29.8 Å². The second-order valence-electron chi connectivity index (χ2n) is 5.77. The highest BCUT2D eigenvalue weighted by molar-refractivity contribution is 5.92. The van der Waals surface area contributed by atoms with E-state index in [9.17, 15) is 14.0 Å². The topological polar surface area (TPSA) is 46.6 Å².